The molecule has 0 N–H and O–H groups in total. The van der Waals surface area contributed by atoms with Crippen molar-refractivity contribution in [3.63, 3.8) is 0 Å². The minimum absolute atomic E-state index is 0. The van der Waals surface area contributed by atoms with E-state index in [9.17, 15) is 5.11 Å². The second-order valence-corrected chi connectivity index (χ2v) is 3.78. The fraction of sp³-hybridized carbons (Fsp3) is 0.750. The zero-order valence-electron chi connectivity index (χ0n) is 8.30. The van der Waals surface area contributed by atoms with Gasteiger partial charge in [0, 0.05) is 5.41 Å². The van der Waals surface area contributed by atoms with Crippen LogP contribution in [0.2, 0.25) is 0 Å². The van der Waals surface area contributed by atoms with Crippen molar-refractivity contribution in [3.8, 4) is 0 Å². The van der Waals surface area contributed by atoms with Gasteiger partial charge in [0.25, 0.3) is 0 Å². The summed E-state index contributed by atoms with van der Waals surface area (Å²) >= 11 is 0. The van der Waals surface area contributed by atoms with E-state index < -0.39 is 6.29 Å². The minimum Gasteiger partial charge on any atom is -0.574 e. The summed E-state index contributed by atoms with van der Waals surface area (Å²) in [7, 11) is 0. The molecule has 3 nitrogen and oxygen atoms in total. The Morgan fingerprint density at radius 1 is 1.25 bits per heavy atom. The first-order valence-corrected chi connectivity index (χ1v) is 3.62. The first-order chi connectivity index (χ1) is 4.91. The molecular formula is C8H13LiO3. The molecule has 1 unspecified atom stereocenters. The van der Waals surface area contributed by atoms with Crippen LogP contribution in [0.25, 0.3) is 0 Å². The molecule has 1 heterocycles. The van der Waals surface area contributed by atoms with Crippen molar-refractivity contribution in [1.29, 1.82) is 0 Å². The molecule has 0 saturated carbocycles. The Hall–Kier alpha value is -0.263. The third-order valence-electron chi connectivity index (χ3n) is 1.49. The molecule has 1 atom stereocenters. The topological polar surface area (TPSA) is 41.5 Å². The van der Waals surface area contributed by atoms with Gasteiger partial charge in [-0.2, -0.15) is 0 Å². The van der Waals surface area contributed by atoms with E-state index in [0.29, 0.717) is 5.76 Å². The Bertz CT molecular complexity index is 179. The van der Waals surface area contributed by atoms with Crippen LogP contribution in [-0.2, 0) is 9.47 Å². The third-order valence-corrected chi connectivity index (χ3v) is 1.49. The average Bonchev–Trinajstić information content (AvgIpc) is 2.11. The first-order valence-electron chi connectivity index (χ1n) is 3.62. The van der Waals surface area contributed by atoms with Crippen LogP contribution in [0, 0.1) is 5.41 Å². The number of hydrogen-bond donors (Lipinski definition) is 0. The summed E-state index contributed by atoms with van der Waals surface area (Å²) in [5, 5.41) is 10.8. The molecule has 0 aromatic carbocycles. The van der Waals surface area contributed by atoms with E-state index in [1.54, 1.807) is 6.92 Å². The Kier molecular flexibility index (Phi) is 3.55. The molecule has 0 aromatic rings. The molecule has 0 aromatic heterocycles. The van der Waals surface area contributed by atoms with E-state index in [1.807, 2.05) is 20.8 Å². The molecule has 4 heteroatoms. The Morgan fingerprint density at radius 3 is 1.92 bits per heavy atom. The molecule has 1 rings (SSSR count). The van der Waals surface area contributed by atoms with E-state index in [2.05, 4.69) is 0 Å². The molecule has 1 aliphatic heterocycles. The SMILES string of the molecule is CC1=C([O-])OC(C(C)(C)C)O1.[Li+]. The molecule has 0 radical (unpaired) electrons. The molecule has 0 spiro atoms. The second kappa shape index (κ2) is 3.63. The molecule has 0 fully saturated rings. The van der Waals surface area contributed by atoms with Gasteiger partial charge in [-0.3, -0.25) is 0 Å². The molecule has 12 heavy (non-hydrogen) atoms. The second-order valence-electron chi connectivity index (χ2n) is 3.78. The van der Waals surface area contributed by atoms with Crippen LogP contribution in [0.4, 0.5) is 0 Å². The molecular weight excluding hydrogens is 151 g/mol. The van der Waals surface area contributed by atoms with Gasteiger partial charge in [-0.15, -0.1) is 0 Å². The summed E-state index contributed by atoms with van der Waals surface area (Å²) in [6, 6.07) is 0. The zero-order valence-corrected chi connectivity index (χ0v) is 8.30. The van der Waals surface area contributed by atoms with Gasteiger partial charge in [0.05, 0.1) is 5.95 Å². The van der Waals surface area contributed by atoms with E-state index in [1.165, 1.54) is 0 Å². The summed E-state index contributed by atoms with van der Waals surface area (Å²) in [6.45, 7) is 7.50. The maximum atomic E-state index is 10.8. The van der Waals surface area contributed by atoms with Crippen LogP contribution in [0.1, 0.15) is 27.7 Å². The predicted molar refractivity (Wildman–Crippen MR) is 38.1 cm³/mol. The van der Waals surface area contributed by atoms with Gasteiger partial charge in [0.1, 0.15) is 5.76 Å². The Morgan fingerprint density at radius 2 is 1.75 bits per heavy atom. The molecule has 0 bridgehead atoms. The summed E-state index contributed by atoms with van der Waals surface area (Å²) in [4.78, 5) is 0. The van der Waals surface area contributed by atoms with Crippen LogP contribution in [-0.4, -0.2) is 6.29 Å². The van der Waals surface area contributed by atoms with Crippen molar-refractivity contribution in [2.24, 2.45) is 5.41 Å². The van der Waals surface area contributed by atoms with Crippen molar-refractivity contribution >= 4 is 0 Å². The monoisotopic (exact) mass is 164 g/mol. The normalized spacial score (nSPS) is 22.8. The minimum atomic E-state index is -0.421. The van der Waals surface area contributed by atoms with Gasteiger partial charge < -0.3 is 14.6 Å². The number of allylic oxidation sites excluding steroid dienone is 1. The molecule has 1 aliphatic rings. The van der Waals surface area contributed by atoms with Gasteiger partial charge in [-0.25, -0.2) is 0 Å². The van der Waals surface area contributed by atoms with Crippen molar-refractivity contribution in [2.45, 2.75) is 34.0 Å². The predicted octanol–water partition coefficient (Wildman–Crippen LogP) is -2.04. The van der Waals surface area contributed by atoms with Crippen molar-refractivity contribution in [2.75, 3.05) is 0 Å². The van der Waals surface area contributed by atoms with Crippen molar-refractivity contribution < 1.29 is 33.4 Å². The van der Waals surface area contributed by atoms with E-state index in [4.69, 9.17) is 9.47 Å². The number of hydrogen-bond acceptors (Lipinski definition) is 3. The summed E-state index contributed by atoms with van der Waals surface area (Å²) in [6.07, 6.45) is -0.421. The zero-order chi connectivity index (χ0) is 8.65. The Labute approximate surface area is 84.9 Å². The number of rotatable bonds is 0. The van der Waals surface area contributed by atoms with Gasteiger partial charge in [-0.05, 0) is 6.92 Å². The maximum Gasteiger partial charge on any atom is 1.00 e. The fourth-order valence-corrected chi connectivity index (χ4v) is 0.766. The molecule has 0 aliphatic carbocycles. The summed E-state index contributed by atoms with van der Waals surface area (Å²) in [5.74, 6) is 0.00912. The first kappa shape index (κ1) is 11.7. The van der Waals surface area contributed by atoms with E-state index >= 15 is 0 Å². The van der Waals surface area contributed by atoms with Crippen molar-refractivity contribution in [1.82, 2.24) is 0 Å². The van der Waals surface area contributed by atoms with Gasteiger partial charge >= 0.3 is 18.9 Å². The van der Waals surface area contributed by atoms with Crippen LogP contribution in [0.3, 0.4) is 0 Å². The van der Waals surface area contributed by atoms with Crippen molar-refractivity contribution in [3.05, 3.63) is 11.7 Å². The largest absolute Gasteiger partial charge is 1.00 e. The molecule has 0 amide bonds. The van der Waals surface area contributed by atoms with Crippen LogP contribution < -0.4 is 24.0 Å². The average molecular weight is 164 g/mol. The van der Waals surface area contributed by atoms with Crippen LogP contribution in [0.5, 0.6) is 0 Å². The molecule has 64 valence electrons. The van der Waals surface area contributed by atoms with E-state index in [0.717, 1.165) is 0 Å². The van der Waals surface area contributed by atoms with Gasteiger partial charge in [-0.1, -0.05) is 20.8 Å². The van der Waals surface area contributed by atoms with Crippen LogP contribution in [0.15, 0.2) is 11.7 Å². The van der Waals surface area contributed by atoms with E-state index in [-0.39, 0.29) is 30.2 Å². The Balaban J connectivity index is 0.00000121. The van der Waals surface area contributed by atoms with Gasteiger partial charge in [0.2, 0.25) is 0 Å². The van der Waals surface area contributed by atoms with Gasteiger partial charge in [0.15, 0.2) is 6.29 Å². The third kappa shape index (κ3) is 2.36. The quantitative estimate of drug-likeness (QED) is 0.387. The molecule has 0 saturated heterocycles. The fourth-order valence-electron chi connectivity index (χ4n) is 0.766. The van der Waals surface area contributed by atoms with Crippen LogP contribution >= 0.6 is 0 Å². The standard InChI is InChI=1S/C8H14O3.Li/c1-5-6(9)11-7(10-5)8(2,3)4;/h7,9H,1-4H3;/q;+1/p-1. The maximum absolute atomic E-state index is 10.8. The number of ether oxygens (including phenoxy) is 2. The summed E-state index contributed by atoms with van der Waals surface area (Å²) < 4.78 is 10.1. The smallest absolute Gasteiger partial charge is 0.574 e. The summed E-state index contributed by atoms with van der Waals surface area (Å²) in [5.41, 5.74) is -0.145.